The van der Waals surface area contributed by atoms with Gasteiger partial charge in [0.1, 0.15) is 0 Å². The van der Waals surface area contributed by atoms with E-state index in [9.17, 15) is 4.79 Å². The minimum Gasteiger partial charge on any atom is -0.465 e. The molecule has 0 bridgehead atoms. The Labute approximate surface area is 113 Å². The van der Waals surface area contributed by atoms with Crippen molar-refractivity contribution in [3.8, 4) is 0 Å². The zero-order valence-corrected chi connectivity index (χ0v) is 11.3. The van der Waals surface area contributed by atoms with Gasteiger partial charge in [-0.3, -0.25) is 4.98 Å². The number of aromatic nitrogens is 1. The molecule has 1 aromatic heterocycles. The third-order valence-electron chi connectivity index (χ3n) is 4.26. The molecule has 100 valence electrons. The molecule has 0 spiro atoms. The first-order valence-electron chi connectivity index (χ1n) is 7.03. The van der Waals surface area contributed by atoms with Crippen LogP contribution in [0.2, 0.25) is 0 Å². The van der Waals surface area contributed by atoms with Gasteiger partial charge in [-0.1, -0.05) is 31.3 Å². The van der Waals surface area contributed by atoms with Crippen LogP contribution < -0.4 is 0 Å². The Morgan fingerprint density at radius 1 is 1.42 bits per heavy atom. The predicted molar refractivity (Wildman–Crippen MR) is 73.8 cm³/mol. The summed E-state index contributed by atoms with van der Waals surface area (Å²) in [6.07, 6.45) is 11.3. The molecule has 0 N–H and O–H groups in total. The number of nitrogens with zero attached hydrogens (tertiary/aromatic N) is 1. The molecule has 3 rings (SSSR count). The van der Waals surface area contributed by atoms with Crippen LogP contribution in [0.3, 0.4) is 0 Å². The van der Waals surface area contributed by atoms with Gasteiger partial charge in [-0.05, 0) is 36.5 Å². The third kappa shape index (κ3) is 2.42. The van der Waals surface area contributed by atoms with Crippen molar-refractivity contribution in [2.45, 2.75) is 38.5 Å². The lowest BCUT2D eigenvalue weighted by atomic mass is 9.96. The molecular weight excluding hydrogens is 238 g/mol. The second-order valence-electron chi connectivity index (χ2n) is 5.55. The highest BCUT2D eigenvalue weighted by atomic mass is 16.5. The van der Waals surface area contributed by atoms with E-state index in [-0.39, 0.29) is 5.97 Å². The largest absolute Gasteiger partial charge is 0.465 e. The molecule has 1 aromatic rings. The van der Waals surface area contributed by atoms with Crippen molar-refractivity contribution in [1.29, 1.82) is 0 Å². The highest BCUT2D eigenvalue weighted by Crippen LogP contribution is 2.35. The van der Waals surface area contributed by atoms with Gasteiger partial charge in [0, 0.05) is 6.20 Å². The van der Waals surface area contributed by atoms with Crippen molar-refractivity contribution >= 4 is 12.0 Å². The van der Waals surface area contributed by atoms with Crippen molar-refractivity contribution in [3.05, 3.63) is 34.7 Å². The molecule has 1 fully saturated rings. The number of hydrogen-bond donors (Lipinski definition) is 0. The quantitative estimate of drug-likeness (QED) is 0.779. The minimum absolute atomic E-state index is 0.255. The van der Waals surface area contributed by atoms with Crippen LogP contribution >= 0.6 is 0 Å². The molecule has 1 heterocycles. The maximum absolute atomic E-state index is 11.8. The Bertz CT molecular complexity index is 528. The van der Waals surface area contributed by atoms with Crippen LogP contribution in [-0.2, 0) is 11.2 Å². The Kier molecular flexibility index (Phi) is 3.36. The first-order chi connectivity index (χ1) is 9.28. The number of allylic oxidation sites excluding steroid dienone is 1. The molecule has 0 saturated heterocycles. The van der Waals surface area contributed by atoms with Gasteiger partial charge in [0.05, 0.1) is 18.4 Å². The summed E-state index contributed by atoms with van der Waals surface area (Å²) in [5.41, 5.74) is 4.09. The van der Waals surface area contributed by atoms with Gasteiger partial charge >= 0.3 is 5.97 Å². The molecular formula is C16H19NO2. The smallest absolute Gasteiger partial charge is 0.338 e. The van der Waals surface area contributed by atoms with E-state index in [0.29, 0.717) is 5.56 Å². The molecule has 1 saturated carbocycles. The van der Waals surface area contributed by atoms with E-state index >= 15 is 0 Å². The molecule has 0 amide bonds. The molecule has 0 aliphatic heterocycles. The summed E-state index contributed by atoms with van der Waals surface area (Å²) in [6.45, 7) is 0. The van der Waals surface area contributed by atoms with E-state index in [1.807, 2.05) is 0 Å². The molecule has 0 aromatic carbocycles. The van der Waals surface area contributed by atoms with Crippen LogP contribution in [0.25, 0.3) is 6.08 Å². The summed E-state index contributed by atoms with van der Waals surface area (Å²) in [7, 11) is 1.43. The van der Waals surface area contributed by atoms with Gasteiger partial charge in [-0.25, -0.2) is 4.79 Å². The van der Waals surface area contributed by atoms with E-state index in [2.05, 4.69) is 11.1 Å². The number of carbonyl (C=O) groups excluding carboxylic acids is 1. The molecule has 3 nitrogen and oxygen atoms in total. The Morgan fingerprint density at radius 2 is 2.21 bits per heavy atom. The second kappa shape index (κ2) is 5.16. The number of esters is 1. The lowest BCUT2D eigenvalue weighted by Crippen LogP contribution is -2.07. The summed E-state index contributed by atoms with van der Waals surface area (Å²) in [6, 6.07) is 1.76. The van der Waals surface area contributed by atoms with Crippen molar-refractivity contribution < 1.29 is 9.53 Å². The monoisotopic (exact) mass is 257 g/mol. The lowest BCUT2D eigenvalue weighted by Gasteiger charge is -2.10. The van der Waals surface area contributed by atoms with E-state index in [4.69, 9.17) is 4.74 Å². The molecule has 2 aliphatic rings. The van der Waals surface area contributed by atoms with Crippen LogP contribution in [0.5, 0.6) is 0 Å². The summed E-state index contributed by atoms with van der Waals surface area (Å²) >= 11 is 0. The molecule has 0 radical (unpaired) electrons. The highest BCUT2D eigenvalue weighted by molar-refractivity contribution is 5.92. The van der Waals surface area contributed by atoms with Gasteiger partial charge in [0.25, 0.3) is 0 Å². The van der Waals surface area contributed by atoms with E-state index in [0.717, 1.165) is 30.0 Å². The van der Waals surface area contributed by atoms with Crippen molar-refractivity contribution in [2.24, 2.45) is 5.92 Å². The average Bonchev–Trinajstić information content (AvgIpc) is 3.06. The number of methoxy groups -OCH3 is 1. The fraction of sp³-hybridized carbons (Fsp3) is 0.500. The van der Waals surface area contributed by atoms with Crippen molar-refractivity contribution in [2.75, 3.05) is 7.11 Å². The number of fused-ring (bicyclic) bond motifs is 1. The molecule has 0 atom stereocenters. The van der Waals surface area contributed by atoms with Crippen LogP contribution in [0.15, 0.2) is 17.8 Å². The zero-order valence-electron chi connectivity index (χ0n) is 11.3. The molecule has 0 unspecified atom stereocenters. The fourth-order valence-corrected chi connectivity index (χ4v) is 3.31. The summed E-state index contributed by atoms with van der Waals surface area (Å²) in [5.74, 6) is 0.580. The Balaban J connectivity index is 1.78. The predicted octanol–water partition coefficient (Wildman–Crippen LogP) is 3.39. The molecule has 19 heavy (non-hydrogen) atoms. The Morgan fingerprint density at radius 3 is 2.95 bits per heavy atom. The van der Waals surface area contributed by atoms with Gasteiger partial charge in [0.15, 0.2) is 0 Å². The van der Waals surface area contributed by atoms with Crippen LogP contribution in [-0.4, -0.2) is 18.1 Å². The van der Waals surface area contributed by atoms with Gasteiger partial charge in [-0.2, -0.15) is 0 Å². The first kappa shape index (κ1) is 12.4. The van der Waals surface area contributed by atoms with E-state index in [1.165, 1.54) is 38.4 Å². The number of pyridine rings is 1. The standard InChI is InChI=1S/C16H19NO2/c1-19-16(18)13-6-7-17-15-10-12(9-14(13)15)8-11-4-2-3-5-11/h6-7,10-11H,2-5,8-9H2,1H3. The van der Waals surface area contributed by atoms with Gasteiger partial charge in [-0.15, -0.1) is 0 Å². The van der Waals surface area contributed by atoms with E-state index < -0.39 is 0 Å². The fourth-order valence-electron chi connectivity index (χ4n) is 3.31. The maximum atomic E-state index is 11.8. The van der Waals surface area contributed by atoms with Gasteiger partial charge < -0.3 is 4.74 Å². The summed E-state index contributed by atoms with van der Waals surface area (Å²) < 4.78 is 4.84. The van der Waals surface area contributed by atoms with Crippen molar-refractivity contribution in [3.63, 3.8) is 0 Å². The van der Waals surface area contributed by atoms with E-state index in [1.54, 1.807) is 12.3 Å². The number of hydrogen-bond acceptors (Lipinski definition) is 3. The minimum atomic E-state index is -0.255. The number of carbonyl (C=O) groups is 1. The van der Waals surface area contributed by atoms with Crippen LogP contribution in [0.4, 0.5) is 0 Å². The van der Waals surface area contributed by atoms with Crippen LogP contribution in [0.1, 0.15) is 53.7 Å². The topological polar surface area (TPSA) is 39.2 Å². The normalized spacial score (nSPS) is 18.3. The lowest BCUT2D eigenvalue weighted by molar-refractivity contribution is 0.0599. The molecule has 2 aliphatic carbocycles. The highest BCUT2D eigenvalue weighted by Gasteiger charge is 2.24. The SMILES string of the molecule is COC(=O)c1ccnc2c1CC(CC1CCCC1)=C2. The second-order valence-corrected chi connectivity index (χ2v) is 5.55. The molecule has 3 heteroatoms. The summed E-state index contributed by atoms with van der Waals surface area (Å²) in [5, 5.41) is 0. The van der Waals surface area contributed by atoms with Crippen LogP contribution in [0, 0.1) is 5.92 Å². The zero-order chi connectivity index (χ0) is 13.2. The number of rotatable bonds is 3. The van der Waals surface area contributed by atoms with Gasteiger partial charge in [0.2, 0.25) is 0 Å². The third-order valence-corrected chi connectivity index (χ3v) is 4.26. The van der Waals surface area contributed by atoms with Crippen molar-refractivity contribution in [1.82, 2.24) is 4.98 Å². The average molecular weight is 257 g/mol. The first-order valence-corrected chi connectivity index (χ1v) is 7.03. The number of ether oxygens (including phenoxy) is 1. The maximum Gasteiger partial charge on any atom is 0.338 e. The Hall–Kier alpha value is -1.64. The summed E-state index contributed by atoms with van der Waals surface area (Å²) in [4.78, 5) is 16.1.